The predicted molar refractivity (Wildman–Crippen MR) is 200 cm³/mol. The molecule has 18 heteroatoms. The van der Waals surface area contributed by atoms with E-state index in [2.05, 4.69) is 23.8 Å². The maximum Gasteiger partial charge on any atom is 0.435 e. The van der Waals surface area contributed by atoms with Crippen LogP contribution in [0.25, 0.3) is 0 Å². The average molecular weight is 873 g/mol. The van der Waals surface area contributed by atoms with Gasteiger partial charge in [-0.1, -0.05) is 34.6 Å². The second kappa shape index (κ2) is 22.1. The van der Waals surface area contributed by atoms with Gasteiger partial charge in [0, 0.05) is 50.5 Å². The fourth-order valence-corrected chi connectivity index (χ4v) is 10.6. The third kappa shape index (κ3) is 12.5. The fourth-order valence-electron chi connectivity index (χ4n) is 8.83. The largest absolute Gasteiger partial charge is 0.494 e. The van der Waals surface area contributed by atoms with Gasteiger partial charge in [-0.25, -0.2) is 0 Å². The van der Waals surface area contributed by atoms with Crippen molar-refractivity contribution in [1.82, 2.24) is 0 Å². The van der Waals surface area contributed by atoms with Gasteiger partial charge in [-0.05, 0) is 117 Å². The zero-order chi connectivity index (χ0) is 41.7. The van der Waals surface area contributed by atoms with E-state index in [-0.39, 0.29) is 37.3 Å². The zero-order valence-electron chi connectivity index (χ0n) is 32.3. The first kappa shape index (κ1) is 48.5. The first-order valence-corrected chi connectivity index (χ1v) is 22.3. The number of aliphatic hydroxyl groups is 2. The van der Waals surface area contributed by atoms with Crippen LogP contribution in [0.1, 0.15) is 88.2 Å². The Kier molecular flexibility index (Phi) is 18.8. The number of ether oxygens (including phenoxy) is 5. The molecule has 330 valence electrons. The molecule has 1 aromatic carbocycles. The molecule has 0 aliphatic heterocycles. The minimum Gasteiger partial charge on any atom is -0.494 e. The molecule has 0 aromatic heterocycles. The van der Waals surface area contributed by atoms with Crippen LogP contribution in [0.4, 0.5) is 39.5 Å². The molecule has 0 heterocycles. The number of aryl methyl sites for hydroxylation is 1. The zero-order valence-corrected chi connectivity index (χ0v) is 34.0. The number of rotatable bonds is 25. The van der Waals surface area contributed by atoms with Crippen LogP contribution in [0.2, 0.25) is 0 Å². The van der Waals surface area contributed by atoms with Crippen LogP contribution in [-0.2, 0) is 25.4 Å². The summed E-state index contributed by atoms with van der Waals surface area (Å²) in [6.45, 7) is 3.60. The summed E-state index contributed by atoms with van der Waals surface area (Å²) in [5.41, 5.74) is -3.94. The molecule has 0 bridgehead atoms. The van der Waals surface area contributed by atoms with Gasteiger partial charge in [0.15, 0.2) is 0 Å². The summed E-state index contributed by atoms with van der Waals surface area (Å²) in [5.74, 6) is 3.59. The number of hydrogen-bond donors (Lipinski definition) is 2. The van der Waals surface area contributed by atoms with E-state index in [0.29, 0.717) is 57.2 Å². The number of alkyl halides is 9. The molecule has 0 spiro atoms. The Hall–Kier alpha value is -1.15. The maximum atomic E-state index is 13.2. The van der Waals surface area contributed by atoms with Crippen molar-refractivity contribution in [3.63, 3.8) is 0 Å². The molecule has 0 radical (unpaired) electrons. The Morgan fingerprint density at radius 2 is 1.37 bits per heavy atom. The van der Waals surface area contributed by atoms with E-state index in [1.54, 1.807) is 21.6 Å². The minimum absolute atomic E-state index is 0.00101. The molecule has 2 fully saturated rings. The van der Waals surface area contributed by atoms with Crippen LogP contribution < -0.4 is 4.74 Å². The summed E-state index contributed by atoms with van der Waals surface area (Å²) in [6.07, 6.45) is -12.7. The SMILES string of the molecule is CC12CCC3c4ccc(OCCCCOCCSSCCOCCCC(CO)CO)cc4CCC3C1CCC2OCCCOC(C(F)(F)F)(C(F)(F)F)C(F)(F)F. The Morgan fingerprint density at radius 1 is 0.737 bits per heavy atom. The molecule has 3 aliphatic rings. The molecule has 0 amide bonds. The molecule has 3 aliphatic carbocycles. The highest BCUT2D eigenvalue weighted by Crippen LogP contribution is 2.62. The Bertz CT molecular complexity index is 1300. The number of halogens is 9. The molecule has 0 saturated heterocycles. The monoisotopic (exact) mass is 872 g/mol. The Labute approximate surface area is 337 Å². The van der Waals surface area contributed by atoms with E-state index < -0.39 is 37.2 Å². The molecule has 2 saturated carbocycles. The topological polar surface area (TPSA) is 86.6 Å². The Balaban J connectivity index is 1.10. The molecular formula is C39H57F9O7S2. The normalized spacial score (nSPS) is 24.1. The van der Waals surface area contributed by atoms with Gasteiger partial charge in [-0.15, -0.1) is 0 Å². The van der Waals surface area contributed by atoms with E-state index in [9.17, 15) is 39.5 Å². The van der Waals surface area contributed by atoms with E-state index in [4.69, 9.17) is 29.2 Å². The van der Waals surface area contributed by atoms with Crippen molar-refractivity contribution in [2.75, 3.05) is 71.0 Å². The highest BCUT2D eigenvalue weighted by Gasteiger charge is 2.85. The van der Waals surface area contributed by atoms with Gasteiger partial charge in [-0.3, -0.25) is 0 Å². The summed E-state index contributed by atoms with van der Waals surface area (Å²) < 4.78 is 146. The van der Waals surface area contributed by atoms with Gasteiger partial charge >= 0.3 is 24.1 Å². The second-order valence-corrected chi connectivity index (χ2v) is 18.1. The molecule has 1 aromatic rings. The van der Waals surface area contributed by atoms with Gasteiger partial charge in [0.05, 0.1) is 32.5 Å². The Morgan fingerprint density at radius 3 is 2.00 bits per heavy atom. The third-order valence-electron chi connectivity index (χ3n) is 11.8. The molecule has 5 unspecified atom stereocenters. The molecule has 2 N–H and O–H groups in total. The number of benzene rings is 1. The smallest absolute Gasteiger partial charge is 0.435 e. The van der Waals surface area contributed by atoms with E-state index >= 15 is 0 Å². The van der Waals surface area contributed by atoms with E-state index in [0.717, 1.165) is 75.0 Å². The third-order valence-corrected chi connectivity index (χ3v) is 14.1. The molecule has 5 atom stereocenters. The lowest BCUT2D eigenvalue weighted by Gasteiger charge is -2.50. The van der Waals surface area contributed by atoms with Gasteiger partial charge in [-0.2, -0.15) is 39.5 Å². The van der Waals surface area contributed by atoms with E-state index in [1.807, 2.05) is 6.07 Å². The number of unbranched alkanes of at least 4 members (excludes halogenated alkanes) is 1. The number of fused-ring (bicyclic) bond motifs is 5. The standard InChI is InChI=1S/C39H57F9O7S2/c1-35-14-13-31-30-10-8-29(53-17-3-2-15-51-20-22-56-57-23-21-52-16-4-6-27(25-49)26-50)24-28(30)7-9-32(31)33(35)11-12-34(35)54-18-5-19-55-36(37(40,41)42,38(43,44)45)39(46,47)48/h8,10,24,27,31-34,49-50H,2-7,9,11-23,25-26H2,1H3. The van der Waals surface area contributed by atoms with Crippen LogP contribution in [0, 0.1) is 23.2 Å². The maximum absolute atomic E-state index is 13.2. The van der Waals surface area contributed by atoms with Gasteiger partial charge in [0.1, 0.15) is 5.75 Å². The summed E-state index contributed by atoms with van der Waals surface area (Å²) >= 11 is 0. The van der Waals surface area contributed by atoms with Gasteiger partial charge in [0.2, 0.25) is 0 Å². The fraction of sp³-hybridized carbons (Fsp3) is 0.846. The predicted octanol–water partition coefficient (Wildman–Crippen LogP) is 9.71. The minimum atomic E-state index is -6.74. The first-order chi connectivity index (χ1) is 27.0. The number of hydrogen-bond acceptors (Lipinski definition) is 9. The highest BCUT2D eigenvalue weighted by atomic mass is 33.1. The molecule has 7 nitrogen and oxygen atoms in total. The highest BCUT2D eigenvalue weighted by molar-refractivity contribution is 8.76. The van der Waals surface area contributed by atoms with Crippen LogP contribution in [0.3, 0.4) is 0 Å². The lowest BCUT2D eigenvalue weighted by molar-refractivity contribution is -0.457. The van der Waals surface area contributed by atoms with Crippen molar-refractivity contribution in [3.05, 3.63) is 29.3 Å². The van der Waals surface area contributed by atoms with Crippen molar-refractivity contribution < 1.29 is 73.4 Å². The lowest BCUT2D eigenvalue weighted by Crippen LogP contribution is -2.67. The first-order valence-electron chi connectivity index (χ1n) is 19.8. The van der Waals surface area contributed by atoms with Crippen molar-refractivity contribution in [1.29, 1.82) is 0 Å². The quantitative estimate of drug-likeness (QED) is 0.0567. The summed E-state index contributed by atoms with van der Waals surface area (Å²) in [6, 6.07) is 6.31. The van der Waals surface area contributed by atoms with Crippen LogP contribution in [-0.4, -0.2) is 111 Å². The van der Waals surface area contributed by atoms with Crippen LogP contribution in [0.15, 0.2) is 18.2 Å². The van der Waals surface area contributed by atoms with E-state index in [1.165, 1.54) is 11.1 Å². The second-order valence-electron chi connectivity index (χ2n) is 15.4. The van der Waals surface area contributed by atoms with Gasteiger partial charge in [0.25, 0.3) is 0 Å². The summed E-state index contributed by atoms with van der Waals surface area (Å²) in [7, 11) is 3.50. The van der Waals surface area contributed by atoms with Gasteiger partial charge < -0.3 is 33.9 Å². The number of aliphatic hydroxyl groups excluding tert-OH is 2. The molecule has 4 rings (SSSR count). The summed E-state index contributed by atoms with van der Waals surface area (Å²) in [5, 5.41) is 18.1. The van der Waals surface area contributed by atoms with Crippen molar-refractivity contribution >= 4 is 21.6 Å². The average Bonchev–Trinajstić information content (AvgIpc) is 3.48. The van der Waals surface area contributed by atoms with Crippen molar-refractivity contribution in [2.24, 2.45) is 23.2 Å². The molecule has 57 heavy (non-hydrogen) atoms. The lowest BCUT2D eigenvalue weighted by atomic mass is 9.55. The van der Waals surface area contributed by atoms with Crippen molar-refractivity contribution in [3.8, 4) is 5.75 Å². The van der Waals surface area contributed by atoms with Crippen molar-refractivity contribution in [2.45, 2.75) is 114 Å². The summed E-state index contributed by atoms with van der Waals surface area (Å²) in [4.78, 5) is 0. The van der Waals surface area contributed by atoms with Crippen LogP contribution >= 0.6 is 21.6 Å². The molecular weight excluding hydrogens is 816 g/mol. The van der Waals surface area contributed by atoms with Crippen LogP contribution in [0.5, 0.6) is 5.75 Å².